The average Bonchev–Trinajstić information content (AvgIpc) is 2.61. The predicted octanol–water partition coefficient (Wildman–Crippen LogP) is 5.54. The molecule has 0 radical (unpaired) electrons. The highest BCUT2D eigenvalue weighted by atomic mass is 32.2. The Morgan fingerprint density at radius 1 is 0.870 bits per heavy atom. The van der Waals surface area contributed by atoms with Gasteiger partial charge in [-0.1, -0.05) is 36.0 Å². The molecular formula is C20H16O2S. The molecule has 2 nitrogen and oxygen atoms in total. The molecule has 0 saturated heterocycles. The molecule has 3 aromatic carbocycles. The van der Waals surface area contributed by atoms with Gasteiger partial charge in [-0.2, -0.15) is 0 Å². The minimum atomic E-state index is 0.877. The normalized spacial score (nSPS) is 12.0. The van der Waals surface area contributed by atoms with E-state index in [1.54, 1.807) is 18.9 Å². The van der Waals surface area contributed by atoms with E-state index in [9.17, 15) is 0 Å². The summed E-state index contributed by atoms with van der Waals surface area (Å²) in [5.41, 5.74) is 2.50. The zero-order chi connectivity index (χ0) is 15.6. The zero-order valence-electron chi connectivity index (χ0n) is 12.8. The van der Waals surface area contributed by atoms with Gasteiger partial charge in [-0.3, -0.25) is 0 Å². The first-order valence-electron chi connectivity index (χ1n) is 7.53. The van der Waals surface area contributed by atoms with Crippen molar-refractivity contribution in [3.05, 3.63) is 77.9 Å². The van der Waals surface area contributed by atoms with E-state index in [4.69, 9.17) is 9.47 Å². The van der Waals surface area contributed by atoms with Gasteiger partial charge in [-0.25, -0.2) is 0 Å². The zero-order valence-corrected chi connectivity index (χ0v) is 13.6. The summed E-state index contributed by atoms with van der Waals surface area (Å²) in [5, 5.41) is 0. The summed E-state index contributed by atoms with van der Waals surface area (Å²) in [7, 11) is 1.69. The van der Waals surface area contributed by atoms with E-state index in [1.165, 1.54) is 20.9 Å². The minimum absolute atomic E-state index is 0.877. The van der Waals surface area contributed by atoms with Crippen molar-refractivity contribution in [2.24, 2.45) is 0 Å². The van der Waals surface area contributed by atoms with Crippen molar-refractivity contribution >= 4 is 11.8 Å². The van der Waals surface area contributed by atoms with Gasteiger partial charge in [0.15, 0.2) is 0 Å². The summed E-state index contributed by atoms with van der Waals surface area (Å²) in [4.78, 5) is 2.43. The molecule has 1 aliphatic rings. The van der Waals surface area contributed by atoms with Crippen LogP contribution in [0.1, 0.15) is 11.1 Å². The van der Waals surface area contributed by atoms with Crippen LogP contribution in [0.3, 0.4) is 0 Å². The summed E-state index contributed by atoms with van der Waals surface area (Å²) in [6.07, 6.45) is 0.908. The van der Waals surface area contributed by atoms with E-state index < -0.39 is 0 Å². The van der Waals surface area contributed by atoms with Crippen molar-refractivity contribution < 1.29 is 9.47 Å². The molecule has 0 N–H and O–H groups in total. The van der Waals surface area contributed by atoms with E-state index in [0.717, 1.165) is 23.7 Å². The van der Waals surface area contributed by atoms with Crippen molar-refractivity contribution in [3.8, 4) is 17.2 Å². The van der Waals surface area contributed by atoms with Crippen LogP contribution in [0.25, 0.3) is 0 Å². The summed E-state index contributed by atoms with van der Waals surface area (Å²) in [5.74, 6) is 2.80. The van der Waals surface area contributed by atoms with Crippen LogP contribution >= 0.6 is 11.8 Å². The Morgan fingerprint density at radius 3 is 2.48 bits per heavy atom. The van der Waals surface area contributed by atoms with Crippen molar-refractivity contribution in [1.82, 2.24) is 0 Å². The molecule has 0 fully saturated rings. The molecule has 0 atom stereocenters. The first kappa shape index (κ1) is 14.2. The average molecular weight is 320 g/mol. The molecular weight excluding hydrogens is 304 g/mol. The highest BCUT2D eigenvalue weighted by molar-refractivity contribution is 7.99. The second kappa shape index (κ2) is 6.01. The van der Waals surface area contributed by atoms with Crippen LogP contribution in [-0.4, -0.2) is 7.11 Å². The Labute approximate surface area is 140 Å². The highest BCUT2D eigenvalue weighted by Gasteiger charge is 2.19. The van der Waals surface area contributed by atoms with Crippen LogP contribution < -0.4 is 9.47 Å². The Hall–Kier alpha value is -2.39. The maximum atomic E-state index is 6.06. The Balaban J connectivity index is 1.66. The minimum Gasteiger partial charge on any atom is -0.497 e. The number of ether oxygens (including phenoxy) is 2. The third kappa shape index (κ3) is 2.80. The van der Waals surface area contributed by atoms with E-state index in [1.807, 2.05) is 30.3 Å². The molecule has 1 aliphatic heterocycles. The van der Waals surface area contributed by atoms with Crippen LogP contribution in [0.2, 0.25) is 0 Å². The lowest BCUT2D eigenvalue weighted by Gasteiger charge is -2.22. The van der Waals surface area contributed by atoms with Crippen LogP contribution in [0.4, 0.5) is 0 Å². The molecule has 114 valence electrons. The summed E-state index contributed by atoms with van der Waals surface area (Å²) in [6.45, 7) is 0. The first-order chi connectivity index (χ1) is 11.3. The summed E-state index contributed by atoms with van der Waals surface area (Å²) < 4.78 is 11.3. The van der Waals surface area contributed by atoms with Gasteiger partial charge in [-0.05, 0) is 48.0 Å². The maximum absolute atomic E-state index is 6.06. The smallest absolute Gasteiger partial charge is 0.132 e. The van der Waals surface area contributed by atoms with Gasteiger partial charge >= 0.3 is 0 Å². The molecule has 4 rings (SSSR count). The van der Waals surface area contributed by atoms with Gasteiger partial charge in [-0.15, -0.1) is 0 Å². The van der Waals surface area contributed by atoms with Crippen molar-refractivity contribution in [2.75, 3.05) is 7.11 Å². The van der Waals surface area contributed by atoms with Gasteiger partial charge in [0.25, 0.3) is 0 Å². The predicted molar refractivity (Wildman–Crippen MR) is 92.9 cm³/mol. The molecule has 0 amide bonds. The largest absolute Gasteiger partial charge is 0.497 e. The number of methoxy groups -OCH3 is 1. The SMILES string of the molecule is COc1ccc(Sc2cccc3c2Cc2ccccc2O3)cc1. The molecule has 3 aromatic rings. The Bertz CT molecular complexity index is 841. The van der Waals surface area contributed by atoms with Gasteiger partial charge in [0, 0.05) is 21.8 Å². The number of hydrogen-bond acceptors (Lipinski definition) is 3. The number of para-hydroxylation sites is 1. The molecule has 0 spiro atoms. The Morgan fingerprint density at radius 2 is 1.65 bits per heavy atom. The fourth-order valence-corrected chi connectivity index (χ4v) is 3.71. The van der Waals surface area contributed by atoms with Crippen LogP contribution in [0.5, 0.6) is 17.2 Å². The monoisotopic (exact) mass is 320 g/mol. The third-order valence-corrected chi connectivity index (χ3v) is 5.05. The number of fused-ring (bicyclic) bond motifs is 2. The van der Waals surface area contributed by atoms with Gasteiger partial charge < -0.3 is 9.47 Å². The molecule has 0 aliphatic carbocycles. The lowest BCUT2D eigenvalue weighted by Crippen LogP contribution is -2.03. The second-order valence-electron chi connectivity index (χ2n) is 5.40. The topological polar surface area (TPSA) is 18.5 Å². The number of rotatable bonds is 3. The first-order valence-corrected chi connectivity index (χ1v) is 8.35. The van der Waals surface area contributed by atoms with E-state index in [-0.39, 0.29) is 0 Å². The summed E-state index contributed by atoms with van der Waals surface area (Å²) >= 11 is 1.76. The second-order valence-corrected chi connectivity index (χ2v) is 6.51. The van der Waals surface area contributed by atoms with Gasteiger partial charge in [0.05, 0.1) is 7.11 Å². The van der Waals surface area contributed by atoms with Gasteiger partial charge in [0.2, 0.25) is 0 Å². The fraction of sp³-hybridized carbons (Fsp3) is 0.100. The van der Waals surface area contributed by atoms with E-state index in [0.29, 0.717) is 0 Å². The highest BCUT2D eigenvalue weighted by Crippen LogP contribution is 2.42. The number of hydrogen-bond donors (Lipinski definition) is 0. The number of benzene rings is 3. The quantitative estimate of drug-likeness (QED) is 0.493. The molecule has 0 unspecified atom stereocenters. The maximum Gasteiger partial charge on any atom is 0.132 e. The molecule has 3 heteroatoms. The summed E-state index contributed by atoms with van der Waals surface area (Å²) in [6, 6.07) is 22.6. The molecule has 0 bridgehead atoms. The lowest BCUT2D eigenvalue weighted by molar-refractivity contribution is 0.414. The van der Waals surface area contributed by atoms with Crippen LogP contribution in [0.15, 0.2) is 76.5 Å². The van der Waals surface area contributed by atoms with Crippen molar-refractivity contribution in [1.29, 1.82) is 0 Å². The van der Waals surface area contributed by atoms with E-state index >= 15 is 0 Å². The molecule has 23 heavy (non-hydrogen) atoms. The van der Waals surface area contributed by atoms with Gasteiger partial charge in [0.1, 0.15) is 17.2 Å². The van der Waals surface area contributed by atoms with E-state index in [2.05, 4.69) is 36.4 Å². The molecule has 1 heterocycles. The van der Waals surface area contributed by atoms with Crippen molar-refractivity contribution in [2.45, 2.75) is 16.2 Å². The van der Waals surface area contributed by atoms with Crippen LogP contribution in [-0.2, 0) is 6.42 Å². The third-order valence-electron chi connectivity index (χ3n) is 3.94. The van der Waals surface area contributed by atoms with Crippen molar-refractivity contribution in [3.63, 3.8) is 0 Å². The lowest BCUT2D eigenvalue weighted by atomic mass is 10.0. The molecule has 0 aromatic heterocycles. The fourth-order valence-electron chi connectivity index (χ4n) is 2.74. The standard InChI is InChI=1S/C20H16O2S/c1-21-15-9-11-16(12-10-15)23-20-8-4-7-19-17(20)13-14-5-2-3-6-18(14)22-19/h2-12H,13H2,1H3. The van der Waals surface area contributed by atoms with Crippen LogP contribution in [0, 0.1) is 0 Å². The Kier molecular flexibility index (Phi) is 3.72. The molecule has 0 saturated carbocycles.